The molecule has 1 fully saturated rings. The van der Waals surface area contributed by atoms with Crippen LogP contribution < -0.4 is 4.74 Å². The van der Waals surface area contributed by atoms with Crippen molar-refractivity contribution in [1.29, 1.82) is 0 Å². The van der Waals surface area contributed by atoms with Crippen LogP contribution >= 0.6 is 0 Å². The molecule has 0 bridgehead atoms. The van der Waals surface area contributed by atoms with E-state index in [4.69, 9.17) is 4.74 Å². The Bertz CT molecular complexity index is 478. The molecule has 0 radical (unpaired) electrons. The zero-order chi connectivity index (χ0) is 14.2. The van der Waals surface area contributed by atoms with E-state index in [-0.39, 0.29) is 0 Å². The Labute approximate surface area is 123 Å². The Morgan fingerprint density at radius 2 is 2.00 bits per heavy atom. The lowest BCUT2D eigenvalue weighted by Crippen LogP contribution is -2.41. The van der Waals surface area contributed by atoms with E-state index in [9.17, 15) is 0 Å². The van der Waals surface area contributed by atoms with Crippen molar-refractivity contribution in [2.75, 3.05) is 20.2 Å². The zero-order valence-corrected chi connectivity index (χ0v) is 13.1. The SMILES string of the molecule is CCCN(CCC)C12CCc3ccc(OC)cc3C1C2. The second kappa shape index (κ2) is 5.40. The van der Waals surface area contributed by atoms with Crippen LogP contribution in [0, 0.1) is 0 Å². The van der Waals surface area contributed by atoms with Crippen molar-refractivity contribution >= 4 is 0 Å². The fourth-order valence-corrected chi connectivity index (χ4v) is 4.18. The molecule has 0 amide bonds. The number of methoxy groups -OCH3 is 1. The van der Waals surface area contributed by atoms with Gasteiger partial charge in [0, 0.05) is 11.5 Å². The molecule has 1 aromatic carbocycles. The second-order valence-corrected chi connectivity index (χ2v) is 6.41. The topological polar surface area (TPSA) is 12.5 Å². The van der Waals surface area contributed by atoms with Gasteiger partial charge in [0.15, 0.2) is 0 Å². The van der Waals surface area contributed by atoms with E-state index in [0.29, 0.717) is 5.54 Å². The Balaban J connectivity index is 1.86. The van der Waals surface area contributed by atoms with Gasteiger partial charge in [-0.1, -0.05) is 19.9 Å². The summed E-state index contributed by atoms with van der Waals surface area (Å²) in [7, 11) is 1.77. The van der Waals surface area contributed by atoms with E-state index in [1.165, 1.54) is 45.2 Å². The molecule has 0 saturated heterocycles. The molecule has 0 aromatic heterocycles. The van der Waals surface area contributed by atoms with Crippen molar-refractivity contribution in [1.82, 2.24) is 4.90 Å². The van der Waals surface area contributed by atoms with E-state index < -0.39 is 0 Å². The Morgan fingerprint density at radius 1 is 1.25 bits per heavy atom. The fraction of sp³-hybridized carbons (Fsp3) is 0.667. The molecule has 2 atom stereocenters. The molecular weight excluding hydrogens is 246 g/mol. The molecule has 0 spiro atoms. The Kier molecular flexibility index (Phi) is 3.76. The van der Waals surface area contributed by atoms with Crippen molar-refractivity contribution in [2.24, 2.45) is 0 Å². The number of fused-ring (bicyclic) bond motifs is 3. The quantitative estimate of drug-likeness (QED) is 0.777. The molecule has 3 rings (SSSR count). The molecule has 0 aliphatic heterocycles. The average Bonchev–Trinajstić information content (AvgIpc) is 3.23. The predicted octanol–water partition coefficient (Wildman–Crippen LogP) is 3.99. The van der Waals surface area contributed by atoms with Gasteiger partial charge in [-0.05, 0) is 68.5 Å². The first-order valence-corrected chi connectivity index (χ1v) is 8.17. The van der Waals surface area contributed by atoms with Crippen molar-refractivity contribution < 1.29 is 4.74 Å². The average molecular weight is 273 g/mol. The summed E-state index contributed by atoms with van der Waals surface area (Å²) in [4.78, 5) is 2.78. The van der Waals surface area contributed by atoms with Gasteiger partial charge in [-0.2, -0.15) is 0 Å². The monoisotopic (exact) mass is 273 g/mol. The molecule has 2 aliphatic carbocycles. The maximum atomic E-state index is 5.42. The lowest BCUT2D eigenvalue weighted by molar-refractivity contribution is 0.157. The highest BCUT2D eigenvalue weighted by Crippen LogP contribution is 2.61. The van der Waals surface area contributed by atoms with Crippen LogP contribution in [-0.2, 0) is 6.42 Å². The molecule has 0 heterocycles. The van der Waals surface area contributed by atoms with E-state index in [1.54, 1.807) is 18.2 Å². The van der Waals surface area contributed by atoms with Gasteiger partial charge >= 0.3 is 0 Å². The second-order valence-electron chi connectivity index (χ2n) is 6.41. The van der Waals surface area contributed by atoms with Crippen molar-refractivity contribution in [3.05, 3.63) is 29.3 Å². The maximum absolute atomic E-state index is 5.42. The number of hydrogen-bond donors (Lipinski definition) is 0. The van der Waals surface area contributed by atoms with E-state index in [0.717, 1.165) is 11.7 Å². The summed E-state index contributed by atoms with van der Waals surface area (Å²) in [5.41, 5.74) is 3.59. The van der Waals surface area contributed by atoms with Gasteiger partial charge in [0.05, 0.1) is 7.11 Å². The molecule has 1 saturated carbocycles. The zero-order valence-electron chi connectivity index (χ0n) is 13.1. The summed E-state index contributed by atoms with van der Waals surface area (Å²) in [6.45, 7) is 7.11. The molecule has 20 heavy (non-hydrogen) atoms. The third kappa shape index (κ3) is 2.14. The van der Waals surface area contributed by atoms with Gasteiger partial charge in [0.2, 0.25) is 0 Å². The summed E-state index contributed by atoms with van der Waals surface area (Å²) in [5.74, 6) is 1.77. The largest absolute Gasteiger partial charge is 0.497 e. The molecule has 2 unspecified atom stereocenters. The van der Waals surface area contributed by atoms with Gasteiger partial charge in [-0.3, -0.25) is 4.90 Å². The summed E-state index contributed by atoms with van der Waals surface area (Å²) >= 11 is 0. The van der Waals surface area contributed by atoms with Crippen LogP contribution in [-0.4, -0.2) is 30.6 Å². The summed E-state index contributed by atoms with van der Waals surface area (Å²) in [6.07, 6.45) is 6.46. The maximum Gasteiger partial charge on any atom is 0.119 e. The van der Waals surface area contributed by atoms with Gasteiger partial charge in [0.1, 0.15) is 5.75 Å². The minimum Gasteiger partial charge on any atom is -0.497 e. The highest BCUT2D eigenvalue weighted by molar-refractivity contribution is 5.47. The predicted molar refractivity (Wildman–Crippen MR) is 83.6 cm³/mol. The van der Waals surface area contributed by atoms with Crippen LogP contribution in [0.25, 0.3) is 0 Å². The van der Waals surface area contributed by atoms with E-state index >= 15 is 0 Å². The van der Waals surface area contributed by atoms with Crippen LogP contribution in [0.3, 0.4) is 0 Å². The lowest BCUT2D eigenvalue weighted by Gasteiger charge is -2.36. The van der Waals surface area contributed by atoms with Gasteiger partial charge < -0.3 is 4.74 Å². The lowest BCUT2D eigenvalue weighted by atomic mass is 9.87. The minimum absolute atomic E-state index is 0.478. The molecule has 0 N–H and O–H groups in total. The number of hydrogen-bond acceptors (Lipinski definition) is 2. The Morgan fingerprint density at radius 3 is 2.65 bits per heavy atom. The van der Waals surface area contributed by atoms with Crippen molar-refractivity contribution in [3.8, 4) is 5.75 Å². The standard InChI is InChI=1S/C18H27NO/c1-4-10-19(11-5-2)18-9-8-14-6-7-15(20-3)12-16(14)17(18)13-18/h6-7,12,17H,4-5,8-11,13H2,1-3H3. The van der Waals surface area contributed by atoms with E-state index in [1.807, 2.05) is 0 Å². The summed E-state index contributed by atoms with van der Waals surface area (Å²) in [6, 6.07) is 6.68. The smallest absolute Gasteiger partial charge is 0.119 e. The van der Waals surface area contributed by atoms with Crippen molar-refractivity contribution in [3.63, 3.8) is 0 Å². The highest BCUT2D eigenvalue weighted by atomic mass is 16.5. The first-order chi connectivity index (χ1) is 9.75. The number of aryl methyl sites for hydroxylation is 1. The molecular formula is C18H27NO. The summed E-state index contributed by atoms with van der Waals surface area (Å²) < 4.78 is 5.42. The van der Waals surface area contributed by atoms with Crippen LogP contribution in [0.4, 0.5) is 0 Å². The van der Waals surface area contributed by atoms with Crippen molar-refractivity contribution in [2.45, 2.75) is 57.4 Å². The molecule has 2 heteroatoms. The van der Waals surface area contributed by atoms with Crippen LogP contribution in [0.1, 0.15) is 56.6 Å². The number of ether oxygens (including phenoxy) is 1. The minimum atomic E-state index is 0.478. The van der Waals surface area contributed by atoms with Crippen LogP contribution in [0.5, 0.6) is 5.75 Å². The number of rotatable bonds is 6. The van der Waals surface area contributed by atoms with Gasteiger partial charge in [-0.25, -0.2) is 0 Å². The number of nitrogens with zero attached hydrogens (tertiary/aromatic N) is 1. The third-order valence-electron chi connectivity index (χ3n) is 5.22. The van der Waals surface area contributed by atoms with Crippen LogP contribution in [0.15, 0.2) is 18.2 Å². The molecule has 1 aromatic rings. The molecule has 2 nitrogen and oxygen atoms in total. The Hall–Kier alpha value is -1.02. The van der Waals surface area contributed by atoms with Gasteiger partial charge in [0.25, 0.3) is 0 Å². The van der Waals surface area contributed by atoms with E-state index in [2.05, 4.69) is 36.9 Å². The third-order valence-corrected chi connectivity index (χ3v) is 5.22. The first-order valence-electron chi connectivity index (χ1n) is 8.17. The normalized spacial score (nSPS) is 27.1. The first kappa shape index (κ1) is 13.9. The molecule has 110 valence electrons. The fourth-order valence-electron chi connectivity index (χ4n) is 4.18. The summed E-state index contributed by atoms with van der Waals surface area (Å²) in [5, 5.41) is 0. The molecule has 2 aliphatic rings. The van der Waals surface area contributed by atoms with Crippen LogP contribution in [0.2, 0.25) is 0 Å². The highest BCUT2D eigenvalue weighted by Gasteiger charge is 2.59. The number of benzene rings is 1. The van der Waals surface area contributed by atoms with Gasteiger partial charge in [-0.15, -0.1) is 0 Å².